The third-order valence-corrected chi connectivity index (χ3v) is 10.3. The number of amides is 2. The molecule has 0 spiro atoms. The molecule has 2 aromatic carbocycles. The number of aromatic nitrogens is 4. The Morgan fingerprint density at radius 1 is 1.00 bits per heavy atom. The van der Waals surface area contributed by atoms with Crippen molar-refractivity contribution in [3.8, 4) is 0 Å². The molecule has 2 amide bonds. The number of likely N-dealkylation sites (tertiary alicyclic amines) is 1. The number of halogens is 4. The zero-order valence-corrected chi connectivity index (χ0v) is 28.9. The molecule has 16 heteroatoms. The van der Waals surface area contributed by atoms with Crippen molar-refractivity contribution in [3.05, 3.63) is 93.2 Å². The first kappa shape index (κ1) is 34.3. The second-order valence-corrected chi connectivity index (χ2v) is 13.5. The predicted molar refractivity (Wildman–Crippen MR) is 188 cm³/mol. The molecule has 0 saturated carbocycles. The number of carbonyl (C=O) groups excluding carboxylic acids is 2. The van der Waals surface area contributed by atoms with Crippen LogP contribution in [0, 0.1) is 0 Å². The number of pyridine rings is 2. The molecule has 0 aliphatic carbocycles. The van der Waals surface area contributed by atoms with Gasteiger partial charge in [-0.05, 0) is 64.7 Å². The molecule has 3 N–H and O–H groups in total. The molecule has 2 aliphatic rings. The number of benzene rings is 2. The van der Waals surface area contributed by atoms with Gasteiger partial charge in [-0.25, -0.2) is 9.59 Å². The number of piperidine rings is 1. The zero-order valence-electron chi connectivity index (χ0n) is 27.3. The van der Waals surface area contributed by atoms with Crippen molar-refractivity contribution in [2.45, 2.75) is 37.6 Å². The van der Waals surface area contributed by atoms with E-state index < -0.39 is 35.5 Å². The largest absolute Gasteiger partial charge is 0.436 e. The Kier molecular flexibility index (Phi) is 9.35. The number of imidazole rings is 1. The average Bonchev–Trinajstić information content (AvgIpc) is 3.48. The molecule has 2 saturated heterocycles. The van der Waals surface area contributed by atoms with Crippen LogP contribution < -0.4 is 16.3 Å². The Balaban J connectivity index is 1.08. The lowest BCUT2D eigenvalue weighted by Crippen LogP contribution is -2.53. The van der Waals surface area contributed by atoms with E-state index in [0.29, 0.717) is 50.1 Å². The highest BCUT2D eigenvalue weighted by atomic mass is 79.9. The van der Waals surface area contributed by atoms with Crippen LogP contribution in [0.25, 0.3) is 21.9 Å². The number of nitrogens with zero attached hydrogens (tertiary/aromatic N) is 6. The van der Waals surface area contributed by atoms with Gasteiger partial charge in [-0.15, -0.1) is 0 Å². The van der Waals surface area contributed by atoms with E-state index in [-0.39, 0.29) is 41.3 Å². The molecule has 51 heavy (non-hydrogen) atoms. The molecular formula is C35H34BrF3N8O4. The number of nitrogen functional groups attached to an aromatic ring is 1. The van der Waals surface area contributed by atoms with E-state index in [1.165, 1.54) is 11.0 Å². The molecule has 2 fully saturated rings. The van der Waals surface area contributed by atoms with Crippen LogP contribution in [0.3, 0.4) is 0 Å². The minimum Gasteiger partial charge on any atom is -0.436 e. The molecule has 3 aromatic heterocycles. The molecule has 2 aliphatic heterocycles. The molecule has 0 radical (unpaired) electrons. The predicted octanol–water partition coefficient (Wildman–Crippen LogP) is 5.37. The van der Waals surface area contributed by atoms with Crippen LogP contribution in [0.2, 0.25) is 0 Å². The standard InChI is InChI=1S/C35H34BrF3N8O4/c36-26-18-21(17-25(30(26)40)35(37,38)39)19-29(32(48)45-15-13-44(14-16-45)22-5-9-41-10-6-22)51-34(50)46-11-7-23(8-12-46)47-28-20-42-27-4-2-1-3-24(27)31(28)43-33(47)49/h1-6,9-10,17-18,20,23,29H,7-8,11-16,19,40H2,(H,43,49)/t29-/m1/s1. The lowest BCUT2D eigenvalue weighted by atomic mass is 10.0. The summed E-state index contributed by atoms with van der Waals surface area (Å²) in [5.74, 6) is -0.501. The fourth-order valence-electron chi connectivity index (χ4n) is 6.95. The second-order valence-electron chi connectivity index (χ2n) is 12.7. The van der Waals surface area contributed by atoms with Crippen molar-refractivity contribution in [3.63, 3.8) is 0 Å². The van der Waals surface area contributed by atoms with E-state index in [0.717, 1.165) is 22.7 Å². The highest BCUT2D eigenvalue weighted by molar-refractivity contribution is 9.10. The van der Waals surface area contributed by atoms with Gasteiger partial charge in [0.25, 0.3) is 5.91 Å². The molecular weight excluding hydrogens is 733 g/mol. The Labute approximate surface area is 298 Å². The number of piperazine rings is 1. The Morgan fingerprint density at radius 3 is 2.41 bits per heavy atom. The van der Waals surface area contributed by atoms with Crippen LogP contribution in [0.1, 0.15) is 30.0 Å². The van der Waals surface area contributed by atoms with Crippen molar-refractivity contribution in [2.75, 3.05) is 49.9 Å². The highest BCUT2D eigenvalue weighted by Crippen LogP contribution is 2.38. The number of carbonyl (C=O) groups is 2. The molecule has 5 aromatic rings. The van der Waals surface area contributed by atoms with Gasteiger partial charge in [0.1, 0.15) is 0 Å². The maximum atomic E-state index is 14.0. The van der Waals surface area contributed by atoms with Crippen molar-refractivity contribution in [1.82, 2.24) is 29.3 Å². The highest BCUT2D eigenvalue weighted by Gasteiger charge is 2.37. The summed E-state index contributed by atoms with van der Waals surface area (Å²) in [5, 5.41) is 0.830. The first-order valence-corrected chi connectivity index (χ1v) is 17.3. The van der Waals surface area contributed by atoms with Crippen LogP contribution in [0.15, 0.2) is 76.4 Å². The van der Waals surface area contributed by atoms with E-state index in [9.17, 15) is 27.6 Å². The fraction of sp³-hybridized carbons (Fsp3) is 0.343. The third kappa shape index (κ3) is 6.96. The molecule has 5 heterocycles. The van der Waals surface area contributed by atoms with Gasteiger partial charge >= 0.3 is 18.0 Å². The number of H-pyrrole nitrogens is 1. The van der Waals surface area contributed by atoms with Gasteiger partial charge in [0.15, 0.2) is 6.10 Å². The van der Waals surface area contributed by atoms with Crippen molar-refractivity contribution in [1.29, 1.82) is 0 Å². The number of hydrogen-bond acceptors (Lipinski definition) is 8. The van der Waals surface area contributed by atoms with Gasteiger partial charge < -0.3 is 30.2 Å². The van der Waals surface area contributed by atoms with E-state index in [4.69, 9.17) is 10.5 Å². The maximum absolute atomic E-state index is 14.0. The number of para-hydroxylation sites is 1. The maximum Gasteiger partial charge on any atom is 0.418 e. The van der Waals surface area contributed by atoms with Gasteiger partial charge in [-0.2, -0.15) is 13.2 Å². The number of anilines is 2. The topological polar surface area (TPSA) is 143 Å². The minimum atomic E-state index is -4.73. The second kappa shape index (κ2) is 13.9. The average molecular weight is 768 g/mol. The van der Waals surface area contributed by atoms with Crippen LogP contribution >= 0.6 is 15.9 Å². The number of fused-ring (bicyclic) bond motifs is 3. The fourth-order valence-corrected chi connectivity index (χ4v) is 7.46. The SMILES string of the molecule is Nc1c(Br)cc(C[C@@H](OC(=O)N2CCC(n3c(=O)[nH]c4c5ccccc5ncc43)CC2)C(=O)N2CCN(c3ccncc3)CC2)cc1C(F)(F)F. The summed E-state index contributed by atoms with van der Waals surface area (Å²) in [6.07, 6.45) is -1.27. The van der Waals surface area contributed by atoms with Gasteiger partial charge in [-0.1, -0.05) is 18.2 Å². The quantitative estimate of drug-likeness (QED) is 0.220. The molecule has 266 valence electrons. The minimum absolute atomic E-state index is 0.0219. The number of alkyl halides is 3. The van der Waals surface area contributed by atoms with E-state index in [1.54, 1.807) is 28.1 Å². The zero-order chi connectivity index (χ0) is 35.9. The normalized spacial score (nSPS) is 16.5. The summed E-state index contributed by atoms with van der Waals surface area (Å²) in [6, 6.07) is 13.3. The summed E-state index contributed by atoms with van der Waals surface area (Å²) in [7, 11) is 0. The van der Waals surface area contributed by atoms with Gasteiger partial charge in [0.05, 0.1) is 34.0 Å². The van der Waals surface area contributed by atoms with Crippen LogP contribution in [-0.2, 0) is 22.1 Å². The van der Waals surface area contributed by atoms with Crippen molar-refractivity contribution in [2.24, 2.45) is 0 Å². The van der Waals surface area contributed by atoms with Crippen LogP contribution in [0.4, 0.5) is 29.3 Å². The summed E-state index contributed by atoms with van der Waals surface area (Å²) >= 11 is 3.11. The van der Waals surface area contributed by atoms with E-state index >= 15 is 0 Å². The lowest BCUT2D eigenvalue weighted by molar-refractivity contribution is -0.141. The summed E-state index contributed by atoms with van der Waals surface area (Å²) in [4.78, 5) is 57.3. The Bertz CT molecular complexity index is 2140. The number of nitrogens with one attached hydrogen (secondary N) is 1. The smallest absolute Gasteiger partial charge is 0.418 e. The number of aromatic amines is 1. The van der Waals surface area contributed by atoms with Gasteiger partial charge in [-0.3, -0.25) is 19.3 Å². The molecule has 0 bridgehead atoms. The number of nitrogens with two attached hydrogens (primary N) is 1. The number of ether oxygens (including phenoxy) is 1. The molecule has 7 rings (SSSR count). The van der Waals surface area contributed by atoms with Crippen LogP contribution in [0.5, 0.6) is 0 Å². The van der Waals surface area contributed by atoms with Crippen molar-refractivity contribution < 1.29 is 27.5 Å². The lowest BCUT2D eigenvalue weighted by Gasteiger charge is -2.38. The van der Waals surface area contributed by atoms with E-state index in [1.807, 2.05) is 36.4 Å². The first-order chi connectivity index (χ1) is 24.5. The first-order valence-electron chi connectivity index (χ1n) is 16.5. The monoisotopic (exact) mass is 766 g/mol. The van der Waals surface area contributed by atoms with Crippen LogP contribution in [-0.4, -0.2) is 86.7 Å². The third-order valence-electron chi connectivity index (χ3n) is 9.61. The number of hydrogen-bond donors (Lipinski definition) is 2. The molecule has 1 atom stereocenters. The summed E-state index contributed by atoms with van der Waals surface area (Å²) in [6.45, 7) is 2.14. The number of rotatable bonds is 6. The summed E-state index contributed by atoms with van der Waals surface area (Å²) in [5.41, 5.74) is 7.14. The van der Waals surface area contributed by atoms with E-state index in [2.05, 4.69) is 35.8 Å². The Morgan fingerprint density at radius 2 is 1.71 bits per heavy atom. The Hall–Kier alpha value is -5.12. The van der Waals surface area contributed by atoms with Crippen molar-refractivity contribution >= 4 is 61.2 Å². The van der Waals surface area contributed by atoms with Gasteiger partial charge in [0, 0.05) is 79.7 Å². The van der Waals surface area contributed by atoms with Gasteiger partial charge in [0.2, 0.25) is 0 Å². The summed E-state index contributed by atoms with van der Waals surface area (Å²) < 4.78 is 49.0. The molecule has 0 unspecified atom stereocenters. The molecule has 12 nitrogen and oxygen atoms in total.